The summed E-state index contributed by atoms with van der Waals surface area (Å²) in [6.45, 7) is 11.6. The van der Waals surface area contributed by atoms with Crippen LogP contribution in [0.25, 0.3) is 11.2 Å². The molecule has 2 saturated heterocycles. The van der Waals surface area contributed by atoms with Crippen molar-refractivity contribution in [1.29, 1.82) is 0 Å². The second-order valence-corrected chi connectivity index (χ2v) is 25.4. The number of H-pyrrole nitrogens is 1. The number of thiol groups is 1. The second-order valence-electron chi connectivity index (χ2n) is 9.49. The molecule has 0 amide bonds. The third kappa shape index (κ3) is 5.05. The summed E-state index contributed by atoms with van der Waals surface area (Å²) in [5, 5.41) is -1.74. The van der Waals surface area contributed by atoms with E-state index in [9.17, 15) is 4.79 Å². The van der Waals surface area contributed by atoms with Crippen molar-refractivity contribution >= 4 is 65.5 Å². The van der Waals surface area contributed by atoms with Crippen LogP contribution in [0.5, 0.6) is 0 Å². The molecule has 2 aliphatic rings. The Morgan fingerprint density at radius 2 is 2.09 bits per heavy atom. The number of nitrogens with zero attached hydrogens (tertiary/aromatic N) is 3. The van der Waals surface area contributed by atoms with Crippen LogP contribution in [0.15, 0.2) is 11.1 Å². The van der Waals surface area contributed by atoms with E-state index in [0.717, 1.165) is 11.5 Å². The van der Waals surface area contributed by atoms with E-state index in [1.807, 2.05) is 0 Å². The minimum atomic E-state index is -2.05. The smallest absolute Gasteiger partial charge is 0.280 e. The summed E-state index contributed by atoms with van der Waals surface area (Å²) in [5.41, 5.74) is 6.05. The fraction of sp³-hybridized carbons (Fsp3) is 0.722. The molecular weight excluding hydrogens is 505 g/mol. The van der Waals surface area contributed by atoms with E-state index in [0.29, 0.717) is 18.7 Å². The van der Waals surface area contributed by atoms with E-state index in [4.69, 9.17) is 31.7 Å². The van der Waals surface area contributed by atoms with Crippen molar-refractivity contribution < 1.29 is 13.7 Å². The first-order chi connectivity index (χ1) is 14.9. The number of imidazole rings is 1. The molecule has 0 bridgehead atoms. The minimum Gasteiger partial charge on any atom is -0.411 e. The zero-order chi connectivity index (χ0) is 23.3. The lowest BCUT2D eigenvalue weighted by molar-refractivity contribution is -0.0336. The Morgan fingerprint density at radius 1 is 1.41 bits per heavy atom. The molecule has 179 valence electrons. The minimum absolute atomic E-state index is 0.0494. The molecule has 14 heteroatoms. The summed E-state index contributed by atoms with van der Waals surface area (Å²) in [6, 6.07) is 0. The highest BCUT2D eigenvalue weighted by Crippen LogP contribution is 2.87. The van der Waals surface area contributed by atoms with Gasteiger partial charge in [-0.3, -0.25) is 14.3 Å². The second kappa shape index (κ2) is 9.07. The molecular formula is C18H31N5O4PS3Si. The molecule has 2 aromatic heterocycles. The number of ether oxygens (including phenoxy) is 1. The predicted molar refractivity (Wildman–Crippen MR) is 140 cm³/mol. The van der Waals surface area contributed by atoms with Crippen LogP contribution >= 0.6 is 40.1 Å². The summed E-state index contributed by atoms with van der Waals surface area (Å²) in [6.07, 6.45) is 1.42. The molecule has 0 unspecified atom stereocenters. The van der Waals surface area contributed by atoms with Crippen molar-refractivity contribution in [3.05, 3.63) is 16.7 Å². The van der Waals surface area contributed by atoms with Crippen LogP contribution < -0.4 is 11.3 Å². The van der Waals surface area contributed by atoms with Crippen LogP contribution in [-0.4, -0.2) is 58.2 Å². The zero-order valence-electron chi connectivity index (χ0n) is 18.9. The van der Waals surface area contributed by atoms with Gasteiger partial charge in [-0.15, -0.1) is 12.2 Å². The first-order valence-corrected chi connectivity index (χ1v) is 19.4. The quantitative estimate of drug-likeness (QED) is 0.279. The van der Waals surface area contributed by atoms with Gasteiger partial charge in [-0.1, -0.05) is 43.5 Å². The number of aromatic amines is 1. The zero-order valence-corrected chi connectivity index (χ0v) is 23.3. The summed E-state index contributed by atoms with van der Waals surface area (Å²) < 4.78 is 21.3. The van der Waals surface area contributed by atoms with Crippen LogP contribution in [0.3, 0.4) is 0 Å². The number of hydrogen-bond donors (Lipinski definition) is 3. The van der Waals surface area contributed by atoms with Crippen LogP contribution in [0.4, 0.5) is 5.95 Å². The molecule has 1 radical (unpaired) electrons. The fourth-order valence-corrected chi connectivity index (χ4v) is 13.9. The van der Waals surface area contributed by atoms with E-state index in [-0.39, 0.29) is 40.5 Å². The molecule has 2 aromatic rings. The number of hydrogen-bond acceptors (Lipinski definition) is 10. The molecule has 0 spiro atoms. The Labute approximate surface area is 202 Å². The molecule has 0 aliphatic carbocycles. The Balaban J connectivity index is 1.59. The van der Waals surface area contributed by atoms with Gasteiger partial charge in [0.2, 0.25) is 5.95 Å². The van der Waals surface area contributed by atoms with Crippen molar-refractivity contribution in [2.75, 3.05) is 23.8 Å². The number of rotatable bonds is 6. The topological polar surface area (TPSA) is 117 Å². The largest absolute Gasteiger partial charge is 0.411 e. The van der Waals surface area contributed by atoms with E-state index in [1.165, 1.54) is 0 Å². The first-order valence-electron chi connectivity index (χ1n) is 10.5. The first kappa shape index (κ1) is 24.8. The van der Waals surface area contributed by atoms with Gasteiger partial charge in [0.25, 0.3) is 5.56 Å². The third-order valence-corrected chi connectivity index (χ3v) is 20.9. The van der Waals surface area contributed by atoms with Crippen molar-refractivity contribution in [1.82, 2.24) is 19.5 Å². The average Bonchev–Trinajstić information content (AvgIpc) is 3.38. The van der Waals surface area contributed by atoms with Gasteiger partial charge in [-0.25, -0.2) is 4.98 Å². The predicted octanol–water partition coefficient (Wildman–Crippen LogP) is 4.48. The molecule has 2 aliphatic heterocycles. The lowest BCUT2D eigenvalue weighted by Crippen LogP contribution is -2.46. The Morgan fingerprint density at radius 3 is 2.75 bits per heavy atom. The lowest BCUT2D eigenvalue weighted by Gasteiger charge is -2.39. The summed E-state index contributed by atoms with van der Waals surface area (Å²) in [5.74, 6) is 2.17. The molecule has 4 heterocycles. The average molecular weight is 537 g/mol. The highest BCUT2D eigenvalue weighted by molar-refractivity contribution is 9.15. The molecule has 9 nitrogen and oxygen atoms in total. The van der Waals surface area contributed by atoms with Crippen molar-refractivity contribution in [2.45, 2.75) is 63.8 Å². The van der Waals surface area contributed by atoms with E-state index >= 15 is 0 Å². The van der Waals surface area contributed by atoms with Gasteiger partial charge in [-0.2, -0.15) is 4.98 Å². The van der Waals surface area contributed by atoms with E-state index < -0.39 is 13.4 Å². The van der Waals surface area contributed by atoms with Crippen LogP contribution in [0.1, 0.15) is 33.4 Å². The molecule has 3 N–H and O–H groups in total. The highest BCUT2D eigenvalue weighted by atomic mass is 33.4. The third-order valence-electron chi connectivity index (χ3n) is 6.19. The van der Waals surface area contributed by atoms with Crippen molar-refractivity contribution in [3.8, 4) is 0 Å². The van der Waals surface area contributed by atoms with Gasteiger partial charge < -0.3 is 19.4 Å². The van der Waals surface area contributed by atoms with Gasteiger partial charge in [0.1, 0.15) is 17.4 Å². The molecule has 32 heavy (non-hydrogen) atoms. The van der Waals surface area contributed by atoms with E-state index in [2.05, 4.69) is 48.8 Å². The normalized spacial score (nSPS) is 26.2. The Kier molecular flexibility index (Phi) is 7.04. The number of nitrogen functional groups attached to an aromatic ring is 1. The number of nitrogens with one attached hydrogen (secondary N) is 1. The van der Waals surface area contributed by atoms with Gasteiger partial charge in [0, 0.05) is 17.9 Å². The highest BCUT2D eigenvalue weighted by Gasteiger charge is 2.46. The van der Waals surface area contributed by atoms with Crippen LogP contribution in [0.2, 0.25) is 18.1 Å². The van der Waals surface area contributed by atoms with Gasteiger partial charge in [-0.05, 0) is 18.1 Å². The van der Waals surface area contributed by atoms with Gasteiger partial charge >= 0.3 is 0 Å². The fourth-order valence-electron chi connectivity index (χ4n) is 3.44. The Bertz CT molecular complexity index is 1040. The summed E-state index contributed by atoms with van der Waals surface area (Å²) in [4.78, 5) is 23.2. The summed E-state index contributed by atoms with van der Waals surface area (Å²) in [7, 11) is -2.05. The van der Waals surface area contributed by atoms with Crippen LogP contribution in [-0.2, 0) is 13.7 Å². The maximum absolute atomic E-state index is 12.2. The molecule has 4 rings (SSSR count). The van der Waals surface area contributed by atoms with Gasteiger partial charge in [0.05, 0.1) is 19.0 Å². The maximum atomic E-state index is 12.2. The number of nitrogens with two attached hydrogens (primary N) is 1. The molecule has 0 saturated carbocycles. The standard InChI is InChI=1S/C18H31N5O4PS3Si/c1-18(2,3)32(4,5)27-11-8-13(26-12(11)9-25-28(29)30-6-7-31-28)23-10-20-14-15(23)21-17(19)22-16(14)24/h10-13,29H,6-9H2,1-5H3,(H3,19,21,22,24)/t11-,12+,13+/m0/s1. The molecule has 2 fully saturated rings. The van der Waals surface area contributed by atoms with Crippen molar-refractivity contribution in [2.24, 2.45) is 0 Å². The van der Waals surface area contributed by atoms with Gasteiger partial charge in [0.15, 0.2) is 19.5 Å². The van der Waals surface area contributed by atoms with Crippen molar-refractivity contribution in [3.63, 3.8) is 0 Å². The number of fused-ring (bicyclic) bond motifs is 1. The molecule has 0 aromatic carbocycles. The lowest BCUT2D eigenvalue weighted by atomic mass is 10.2. The number of aromatic nitrogens is 4. The Hall–Kier alpha value is -0.273. The van der Waals surface area contributed by atoms with Crippen LogP contribution in [0, 0.1) is 0 Å². The molecule has 3 atom stereocenters. The van der Waals surface area contributed by atoms with E-state index in [1.54, 1.807) is 33.7 Å². The monoisotopic (exact) mass is 536 g/mol. The summed E-state index contributed by atoms with van der Waals surface area (Å²) >= 11 is 8.42. The SMILES string of the molecule is CC(C)(C)[Si](C)(C)O[C@H]1C[C@H](n2cnc3c(=O)[nH]c(N)nc32)O[C@@H]1CO[P]1(S)SCCS1. The number of anilines is 1. The maximum Gasteiger partial charge on any atom is 0.280 e.